The van der Waals surface area contributed by atoms with Crippen LogP contribution in [0.4, 0.5) is 0 Å². The van der Waals surface area contributed by atoms with Crippen LogP contribution < -0.4 is 4.74 Å². The number of rotatable bonds is 9. The van der Waals surface area contributed by atoms with Crippen molar-refractivity contribution in [1.82, 2.24) is 10.2 Å². The summed E-state index contributed by atoms with van der Waals surface area (Å²) in [7, 11) is 0. The lowest BCUT2D eigenvalue weighted by Gasteiger charge is -2.07. The van der Waals surface area contributed by atoms with Crippen molar-refractivity contribution in [3.8, 4) is 5.75 Å². The van der Waals surface area contributed by atoms with E-state index in [-0.39, 0.29) is 0 Å². The van der Waals surface area contributed by atoms with Gasteiger partial charge in [0, 0.05) is 6.92 Å². The zero-order chi connectivity index (χ0) is 14.9. The Labute approximate surface area is 125 Å². The number of aliphatic hydroxyl groups is 1. The van der Waals surface area contributed by atoms with E-state index in [0.29, 0.717) is 18.2 Å². The number of ether oxygens (including phenoxy) is 1. The number of benzene rings is 1. The number of nitrogens with zero attached hydrogens (tertiary/aromatic N) is 2. The van der Waals surface area contributed by atoms with Gasteiger partial charge in [-0.3, -0.25) is 0 Å². The van der Waals surface area contributed by atoms with Gasteiger partial charge in [-0.25, -0.2) is 0 Å². The maximum absolute atomic E-state index is 9.86. The average molecular weight is 290 g/mol. The van der Waals surface area contributed by atoms with E-state index in [9.17, 15) is 5.11 Å². The predicted octanol–water partition coefficient (Wildman–Crippen LogP) is 3.44. The van der Waals surface area contributed by atoms with Crippen LogP contribution >= 0.6 is 0 Å². The Hall–Kier alpha value is -1.88. The third-order valence-corrected chi connectivity index (χ3v) is 3.21. The van der Waals surface area contributed by atoms with E-state index in [4.69, 9.17) is 9.15 Å². The highest BCUT2D eigenvalue weighted by Gasteiger charge is 2.13. The highest BCUT2D eigenvalue weighted by molar-refractivity contribution is 5.20. The van der Waals surface area contributed by atoms with Gasteiger partial charge < -0.3 is 14.3 Å². The second-order valence-electron chi connectivity index (χ2n) is 5.04. The molecular formula is C16H22N2O3. The highest BCUT2D eigenvalue weighted by atomic mass is 16.5. The molecule has 0 aliphatic carbocycles. The molecule has 5 nitrogen and oxygen atoms in total. The molecule has 0 aliphatic rings. The highest BCUT2D eigenvalue weighted by Crippen LogP contribution is 2.18. The number of aromatic nitrogens is 2. The molecule has 0 fully saturated rings. The summed E-state index contributed by atoms with van der Waals surface area (Å²) in [6, 6.07) is 9.83. The van der Waals surface area contributed by atoms with Crippen LogP contribution in [0.25, 0.3) is 0 Å². The molecule has 0 aliphatic heterocycles. The van der Waals surface area contributed by atoms with Crippen molar-refractivity contribution in [2.75, 3.05) is 6.61 Å². The van der Waals surface area contributed by atoms with Crippen molar-refractivity contribution in [3.05, 3.63) is 42.1 Å². The minimum absolute atomic E-state index is 0.319. The summed E-state index contributed by atoms with van der Waals surface area (Å²) in [6.45, 7) is 2.45. The minimum Gasteiger partial charge on any atom is -0.494 e. The SMILES string of the molecule is Cc1nnc(C(O)CCCCCCOc2ccccc2)o1. The molecule has 1 aromatic carbocycles. The maximum Gasteiger partial charge on any atom is 0.244 e. The predicted molar refractivity (Wildman–Crippen MR) is 79.0 cm³/mol. The molecule has 114 valence electrons. The molecule has 0 saturated carbocycles. The summed E-state index contributed by atoms with van der Waals surface area (Å²) in [5, 5.41) is 17.4. The van der Waals surface area contributed by atoms with Crippen LogP contribution in [0, 0.1) is 6.92 Å². The Morgan fingerprint density at radius 3 is 2.57 bits per heavy atom. The van der Waals surface area contributed by atoms with Crippen molar-refractivity contribution in [3.63, 3.8) is 0 Å². The number of aliphatic hydroxyl groups excluding tert-OH is 1. The third-order valence-electron chi connectivity index (χ3n) is 3.21. The van der Waals surface area contributed by atoms with Gasteiger partial charge in [0.05, 0.1) is 6.61 Å². The van der Waals surface area contributed by atoms with Crippen molar-refractivity contribution in [2.45, 2.75) is 45.1 Å². The summed E-state index contributed by atoms with van der Waals surface area (Å²) in [6.07, 6.45) is 4.11. The summed E-state index contributed by atoms with van der Waals surface area (Å²) in [5.41, 5.74) is 0. The molecule has 21 heavy (non-hydrogen) atoms. The van der Waals surface area contributed by atoms with Crippen molar-refractivity contribution in [1.29, 1.82) is 0 Å². The van der Waals surface area contributed by atoms with Gasteiger partial charge in [0.25, 0.3) is 0 Å². The molecule has 1 unspecified atom stereocenters. The lowest BCUT2D eigenvalue weighted by atomic mass is 10.1. The lowest BCUT2D eigenvalue weighted by Crippen LogP contribution is -1.99. The standard InChI is InChI=1S/C16H22N2O3/c1-13-17-18-16(21-13)15(19)11-7-2-3-8-12-20-14-9-5-4-6-10-14/h4-6,9-10,15,19H,2-3,7-8,11-12H2,1H3. The van der Waals surface area contributed by atoms with Crippen LogP contribution in [0.1, 0.15) is 50.0 Å². The molecule has 1 N–H and O–H groups in total. The molecule has 0 amide bonds. The van der Waals surface area contributed by atoms with Crippen molar-refractivity contribution < 1.29 is 14.3 Å². The van der Waals surface area contributed by atoms with Crippen LogP contribution in [0.2, 0.25) is 0 Å². The Balaban J connectivity index is 1.50. The first-order valence-electron chi connectivity index (χ1n) is 7.41. The first kappa shape index (κ1) is 15.5. The van der Waals surface area contributed by atoms with Crippen molar-refractivity contribution in [2.24, 2.45) is 0 Å². The number of unbranched alkanes of at least 4 members (excludes halogenated alkanes) is 3. The van der Waals surface area contributed by atoms with Gasteiger partial charge in [-0.15, -0.1) is 10.2 Å². The fourth-order valence-corrected chi connectivity index (χ4v) is 2.07. The first-order chi connectivity index (χ1) is 10.3. The monoisotopic (exact) mass is 290 g/mol. The fraction of sp³-hybridized carbons (Fsp3) is 0.500. The number of hydrogen-bond acceptors (Lipinski definition) is 5. The molecule has 1 aromatic heterocycles. The fourth-order valence-electron chi connectivity index (χ4n) is 2.07. The van der Waals surface area contributed by atoms with Gasteiger partial charge in [-0.05, 0) is 25.0 Å². The molecule has 0 saturated heterocycles. The Morgan fingerprint density at radius 2 is 1.86 bits per heavy atom. The van der Waals surface area contributed by atoms with Gasteiger partial charge in [-0.1, -0.05) is 37.5 Å². The van der Waals surface area contributed by atoms with Crippen LogP contribution in [-0.4, -0.2) is 21.9 Å². The quantitative estimate of drug-likeness (QED) is 0.716. The molecule has 1 atom stereocenters. The summed E-state index contributed by atoms with van der Waals surface area (Å²) >= 11 is 0. The Kier molecular flexibility index (Phi) is 6.22. The first-order valence-corrected chi connectivity index (χ1v) is 7.41. The van der Waals surface area contributed by atoms with Gasteiger partial charge >= 0.3 is 0 Å². The molecule has 1 heterocycles. The molecule has 0 bridgehead atoms. The van der Waals surface area contributed by atoms with Crippen LogP contribution in [0.15, 0.2) is 34.7 Å². The van der Waals surface area contributed by atoms with Gasteiger partial charge in [0.2, 0.25) is 11.8 Å². The van der Waals surface area contributed by atoms with Crippen molar-refractivity contribution >= 4 is 0 Å². The summed E-state index contributed by atoms with van der Waals surface area (Å²) < 4.78 is 10.8. The molecule has 0 spiro atoms. The van der Waals surface area contributed by atoms with Crippen LogP contribution in [0.3, 0.4) is 0 Å². The van der Waals surface area contributed by atoms with Crippen LogP contribution in [-0.2, 0) is 0 Å². The van der Waals surface area contributed by atoms with E-state index in [2.05, 4.69) is 10.2 Å². The minimum atomic E-state index is -0.647. The van der Waals surface area contributed by atoms with E-state index in [1.54, 1.807) is 6.92 Å². The van der Waals surface area contributed by atoms with E-state index in [1.807, 2.05) is 30.3 Å². The Morgan fingerprint density at radius 1 is 1.10 bits per heavy atom. The summed E-state index contributed by atoms with van der Waals surface area (Å²) in [4.78, 5) is 0. The number of hydrogen-bond donors (Lipinski definition) is 1. The van der Waals surface area contributed by atoms with Crippen LogP contribution in [0.5, 0.6) is 5.75 Å². The van der Waals surface area contributed by atoms with Gasteiger partial charge in [0.1, 0.15) is 11.9 Å². The average Bonchev–Trinajstić information content (AvgIpc) is 2.94. The molecule has 2 aromatic rings. The smallest absolute Gasteiger partial charge is 0.244 e. The zero-order valence-corrected chi connectivity index (χ0v) is 12.4. The maximum atomic E-state index is 9.86. The number of aryl methyl sites for hydroxylation is 1. The van der Waals surface area contributed by atoms with Gasteiger partial charge in [0.15, 0.2) is 0 Å². The topological polar surface area (TPSA) is 68.4 Å². The van der Waals surface area contributed by atoms with E-state index in [1.165, 1.54) is 0 Å². The molecule has 2 rings (SSSR count). The van der Waals surface area contributed by atoms with E-state index >= 15 is 0 Å². The van der Waals surface area contributed by atoms with Gasteiger partial charge in [-0.2, -0.15) is 0 Å². The third kappa shape index (κ3) is 5.55. The summed E-state index contributed by atoms with van der Waals surface area (Å²) in [5.74, 6) is 1.72. The second-order valence-corrected chi connectivity index (χ2v) is 5.04. The normalized spacial score (nSPS) is 12.3. The molecule has 0 radical (unpaired) electrons. The van der Waals surface area contributed by atoms with E-state index < -0.39 is 6.10 Å². The van der Waals surface area contributed by atoms with E-state index in [0.717, 1.165) is 38.0 Å². The zero-order valence-electron chi connectivity index (χ0n) is 12.4. The second kappa shape index (κ2) is 8.42. The lowest BCUT2D eigenvalue weighted by molar-refractivity contribution is 0.129. The Bertz CT molecular complexity index is 513. The molecule has 5 heteroatoms. The molecular weight excluding hydrogens is 268 g/mol. The largest absolute Gasteiger partial charge is 0.494 e. The number of para-hydroxylation sites is 1.